The highest BCUT2D eigenvalue weighted by atomic mass is 16.2. The maximum absolute atomic E-state index is 12.0. The molecule has 0 unspecified atom stereocenters. The number of hydrogen-bond donors (Lipinski definition) is 2. The average molecular weight is 367 g/mol. The van der Waals surface area contributed by atoms with Crippen LogP contribution in [0.5, 0.6) is 0 Å². The van der Waals surface area contributed by atoms with E-state index < -0.39 is 0 Å². The van der Waals surface area contributed by atoms with Gasteiger partial charge in [0.2, 0.25) is 0 Å². The highest BCUT2D eigenvalue weighted by Crippen LogP contribution is 2.05. The largest absolute Gasteiger partial charge is 0.352 e. The monoisotopic (exact) mass is 366 g/mol. The van der Waals surface area contributed by atoms with E-state index in [0.717, 1.165) is 43.2 Å². The van der Waals surface area contributed by atoms with Crippen LogP contribution in [0, 0.1) is 13.8 Å². The Kier molecular flexibility index (Phi) is 8.56. The number of carbonyl (C=O) groups excluding carboxylic acids is 2. The third-order valence-corrected chi connectivity index (χ3v) is 4.55. The second-order valence-corrected chi connectivity index (χ2v) is 7.01. The molecule has 0 spiro atoms. The van der Waals surface area contributed by atoms with E-state index >= 15 is 0 Å². The molecule has 27 heavy (non-hydrogen) atoms. The Labute approximate surface area is 162 Å². The molecule has 0 bridgehead atoms. The van der Waals surface area contributed by atoms with Gasteiger partial charge in [0, 0.05) is 24.2 Å². The van der Waals surface area contributed by atoms with Gasteiger partial charge in [0.1, 0.15) is 0 Å². The van der Waals surface area contributed by atoms with E-state index in [9.17, 15) is 9.59 Å². The lowest BCUT2D eigenvalue weighted by atomic mass is 10.1. The Morgan fingerprint density at radius 2 is 0.926 bits per heavy atom. The fraction of sp³-hybridized carbons (Fsp3) is 0.391. The second-order valence-electron chi connectivity index (χ2n) is 7.01. The number of carbonyl (C=O) groups is 2. The van der Waals surface area contributed by atoms with Gasteiger partial charge in [-0.25, -0.2) is 0 Å². The van der Waals surface area contributed by atoms with Crippen molar-refractivity contribution in [3.8, 4) is 0 Å². The minimum absolute atomic E-state index is 0.00572. The fourth-order valence-electron chi connectivity index (χ4n) is 2.80. The first-order chi connectivity index (χ1) is 13.1. The van der Waals surface area contributed by atoms with Crippen molar-refractivity contribution in [1.82, 2.24) is 10.6 Å². The molecule has 2 N–H and O–H groups in total. The molecule has 0 radical (unpaired) electrons. The zero-order valence-corrected chi connectivity index (χ0v) is 16.4. The van der Waals surface area contributed by atoms with Crippen LogP contribution in [-0.4, -0.2) is 24.9 Å². The molecule has 0 saturated heterocycles. The van der Waals surface area contributed by atoms with Gasteiger partial charge in [0.15, 0.2) is 0 Å². The molecule has 0 fully saturated rings. The topological polar surface area (TPSA) is 58.2 Å². The van der Waals surface area contributed by atoms with E-state index in [1.54, 1.807) is 0 Å². The van der Waals surface area contributed by atoms with Gasteiger partial charge in [-0.15, -0.1) is 0 Å². The van der Waals surface area contributed by atoms with E-state index in [4.69, 9.17) is 0 Å². The predicted octanol–water partition coefficient (Wildman–Crippen LogP) is 4.41. The lowest BCUT2D eigenvalue weighted by Crippen LogP contribution is -2.24. The molecule has 0 aliphatic carbocycles. The maximum Gasteiger partial charge on any atom is 0.251 e. The molecule has 4 heteroatoms. The Morgan fingerprint density at radius 1 is 0.593 bits per heavy atom. The SMILES string of the molecule is Cc1ccc(C(=O)NCCCCCCCNC(=O)c2ccc(C)cc2)cc1. The summed E-state index contributed by atoms with van der Waals surface area (Å²) in [6.07, 6.45) is 5.24. The molecule has 0 aromatic heterocycles. The van der Waals surface area contributed by atoms with Crippen molar-refractivity contribution in [3.63, 3.8) is 0 Å². The number of benzene rings is 2. The Hall–Kier alpha value is -2.62. The molecule has 0 atom stereocenters. The molecule has 0 aliphatic rings. The van der Waals surface area contributed by atoms with Gasteiger partial charge in [-0.3, -0.25) is 9.59 Å². The van der Waals surface area contributed by atoms with Gasteiger partial charge in [0.25, 0.3) is 11.8 Å². The highest BCUT2D eigenvalue weighted by Gasteiger charge is 2.04. The molecule has 2 rings (SSSR count). The van der Waals surface area contributed by atoms with Crippen molar-refractivity contribution in [3.05, 3.63) is 70.8 Å². The number of amides is 2. The first-order valence-electron chi connectivity index (χ1n) is 9.76. The predicted molar refractivity (Wildman–Crippen MR) is 110 cm³/mol. The van der Waals surface area contributed by atoms with Crippen LogP contribution in [0.4, 0.5) is 0 Å². The van der Waals surface area contributed by atoms with E-state index in [2.05, 4.69) is 10.6 Å². The summed E-state index contributed by atoms with van der Waals surface area (Å²) >= 11 is 0. The number of unbranched alkanes of at least 4 members (excludes halogenated alkanes) is 4. The third-order valence-electron chi connectivity index (χ3n) is 4.55. The summed E-state index contributed by atoms with van der Waals surface area (Å²) in [5, 5.41) is 5.92. The summed E-state index contributed by atoms with van der Waals surface area (Å²) in [4.78, 5) is 24.0. The van der Waals surface area contributed by atoms with Crippen LogP contribution in [0.3, 0.4) is 0 Å². The van der Waals surface area contributed by atoms with Gasteiger partial charge in [-0.1, -0.05) is 54.7 Å². The summed E-state index contributed by atoms with van der Waals surface area (Å²) in [6, 6.07) is 15.2. The van der Waals surface area contributed by atoms with Crippen LogP contribution in [0.15, 0.2) is 48.5 Å². The van der Waals surface area contributed by atoms with Crippen LogP contribution in [0.1, 0.15) is 63.9 Å². The summed E-state index contributed by atoms with van der Waals surface area (Å²) in [7, 11) is 0. The van der Waals surface area contributed by atoms with E-state index in [1.807, 2.05) is 62.4 Å². The molecule has 2 aromatic carbocycles. The van der Waals surface area contributed by atoms with Gasteiger partial charge in [-0.05, 0) is 51.0 Å². The first kappa shape index (κ1) is 20.7. The van der Waals surface area contributed by atoms with Crippen molar-refractivity contribution >= 4 is 11.8 Å². The summed E-state index contributed by atoms with van der Waals surface area (Å²) in [5.74, 6) is -0.0114. The molecule has 0 aliphatic heterocycles. The van der Waals surface area contributed by atoms with Crippen LogP contribution in [-0.2, 0) is 0 Å². The minimum atomic E-state index is -0.00572. The molecular formula is C23H30N2O2. The third kappa shape index (κ3) is 7.65. The van der Waals surface area contributed by atoms with Crippen molar-refractivity contribution < 1.29 is 9.59 Å². The zero-order chi connectivity index (χ0) is 19.5. The lowest BCUT2D eigenvalue weighted by Gasteiger charge is -2.07. The molecule has 2 amide bonds. The van der Waals surface area contributed by atoms with Crippen LogP contribution >= 0.6 is 0 Å². The molecule has 4 nitrogen and oxygen atoms in total. The van der Waals surface area contributed by atoms with E-state index in [0.29, 0.717) is 24.2 Å². The summed E-state index contributed by atoms with van der Waals surface area (Å²) in [5.41, 5.74) is 3.73. The maximum atomic E-state index is 12.0. The highest BCUT2D eigenvalue weighted by molar-refractivity contribution is 5.94. The zero-order valence-electron chi connectivity index (χ0n) is 16.4. The summed E-state index contributed by atoms with van der Waals surface area (Å²) in [6.45, 7) is 5.43. The van der Waals surface area contributed by atoms with Crippen LogP contribution in [0.25, 0.3) is 0 Å². The van der Waals surface area contributed by atoms with Crippen molar-refractivity contribution in [2.24, 2.45) is 0 Å². The number of hydrogen-bond acceptors (Lipinski definition) is 2. The van der Waals surface area contributed by atoms with Gasteiger partial charge in [0.05, 0.1) is 0 Å². The lowest BCUT2D eigenvalue weighted by molar-refractivity contribution is 0.0945. The normalized spacial score (nSPS) is 10.4. The van der Waals surface area contributed by atoms with E-state index in [1.165, 1.54) is 0 Å². The standard InChI is InChI=1S/C23H30N2O2/c1-18-8-12-20(13-9-18)22(26)24-16-6-4-3-5-7-17-25-23(27)21-14-10-19(2)11-15-21/h8-15H,3-7,16-17H2,1-2H3,(H,24,26)(H,25,27). The van der Waals surface area contributed by atoms with Crippen molar-refractivity contribution in [2.45, 2.75) is 46.0 Å². The molecule has 0 saturated carbocycles. The second kappa shape index (κ2) is 11.2. The first-order valence-corrected chi connectivity index (χ1v) is 9.76. The molecule has 2 aromatic rings. The Morgan fingerprint density at radius 3 is 1.30 bits per heavy atom. The molecule has 144 valence electrons. The van der Waals surface area contributed by atoms with Crippen molar-refractivity contribution in [2.75, 3.05) is 13.1 Å². The molecular weight excluding hydrogens is 336 g/mol. The van der Waals surface area contributed by atoms with Gasteiger partial charge >= 0.3 is 0 Å². The van der Waals surface area contributed by atoms with Gasteiger partial charge in [-0.2, -0.15) is 0 Å². The Bertz CT molecular complexity index is 658. The van der Waals surface area contributed by atoms with Crippen LogP contribution < -0.4 is 10.6 Å². The molecule has 0 heterocycles. The van der Waals surface area contributed by atoms with Crippen LogP contribution in [0.2, 0.25) is 0 Å². The number of aryl methyl sites for hydroxylation is 2. The van der Waals surface area contributed by atoms with Gasteiger partial charge < -0.3 is 10.6 Å². The quantitative estimate of drug-likeness (QED) is 0.612. The smallest absolute Gasteiger partial charge is 0.251 e. The average Bonchev–Trinajstić information content (AvgIpc) is 2.67. The Balaban J connectivity index is 1.47. The van der Waals surface area contributed by atoms with E-state index in [-0.39, 0.29) is 11.8 Å². The summed E-state index contributed by atoms with van der Waals surface area (Å²) < 4.78 is 0. The minimum Gasteiger partial charge on any atom is -0.352 e. The van der Waals surface area contributed by atoms with Crippen molar-refractivity contribution in [1.29, 1.82) is 0 Å². The fourth-order valence-corrected chi connectivity index (χ4v) is 2.80. The number of nitrogens with one attached hydrogen (secondary N) is 2. The number of rotatable bonds is 10.